The number of carbonyl (C=O) groups excluding carboxylic acids is 1. The fourth-order valence-electron chi connectivity index (χ4n) is 4.07. The molecular weight excluding hydrogens is 467 g/mol. The number of hydrogen-bond donors (Lipinski definition) is 1. The SMILES string of the molecule is O=C(Nc1ccc(S(=O)(=O)N2CCCC[C@H]2c2cccnc2)cc1)c1ccccc1C(F)(F)F. The zero-order chi connectivity index (χ0) is 24.3. The van der Waals surface area contributed by atoms with E-state index < -0.39 is 33.2 Å². The van der Waals surface area contributed by atoms with Crippen LogP contribution in [0.15, 0.2) is 78.0 Å². The minimum absolute atomic E-state index is 0.0389. The second-order valence-electron chi connectivity index (χ2n) is 7.94. The lowest BCUT2D eigenvalue weighted by Crippen LogP contribution is -2.38. The van der Waals surface area contributed by atoms with Crippen molar-refractivity contribution in [3.05, 3.63) is 89.7 Å². The largest absolute Gasteiger partial charge is 0.417 e. The van der Waals surface area contributed by atoms with Gasteiger partial charge >= 0.3 is 6.18 Å². The Balaban J connectivity index is 1.55. The summed E-state index contributed by atoms with van der Waals surface area (Å²) < 4.78 is 67.8. The minimum atomic E-state index is -4.68. The average Bonchev–Trinajstić information content (AvgIpc) is 2.84. The maximum Gasteiger partial charge on any atom is 0.417 e. The van der Waals surface area contributed by atoms with Gasteiger partial charge in [-0.05, 0) is 60.9 Å². The number of carbonyl (C=O) groups is 1. The second kappa shape index (κ2) is 9.55. The molecule has 2 aromatic carbocycles. The van der Waals surface area contributed by atoms with Crippen LogP contribution in [-0.4, -0.2) is 30.2 Å². The first-order valence-corrected chi connectivity index (χ1v) is 12.1. The number of pyridine rings is 1. The molecule has 3 aromatic rings. The molecule has 1 aliphatic rings. The highest BCUT2D eigenvalue weighted by Gasteiger charge is 2.36. The highest BCUT2D eigenvalue weighted by Crippen LogP contribution is 2.35. The number of benzene rings is 2. The van der Waals surface area contributed by atoms with Crippen molar-refractivity contribution in [2.75, 3.05) is 11.9 Å². The van der Waals surface area contributed by atoms with Crippen LogP contribution in [-0.2, 0) is 16.2 Å². The number of piperidine rings is 1. The number of alkyl halides is 3. The first kappa shape index (κ1) is 23.9. The van der Waals surface area contributed by atoms with E-state index in [1.165, 1.54) is 40.7 Å². The van der Waals surface area contributed by atoms with Gasteiger partial charge in [-0.3, -0.25) is 9.78 Å². The Bertz CT molecular complexity index is 1260. The highest BCUT2D eigenvalue weighted by molar-refractivity contribution is 7.89. The molecule has 6 nitrogen and oxygen atoms in total. The predicted molar refractivity (Wildman–Crippen MR) is 121 cm³/mol. The van der Waals surface area contributed by atoms with E-state index in [2.05, 4.69) is 10.3 Å². The molecule has 34 heavy (non-hydrogen) atoms. The lowest BCUT2D eigenvalue weighted by molar-refractivity contribution is -0.137. The number of aromatic nitrogens is 1. The third-order valence-corrected chi connectivity index (χ3v) is 7.64. The van der Waals surface area contributed by atoms with E-state index in [1.54, 1.807) is 18.5 Å². The van der Waals surface area contributed by atoms with Gasteiger partial charge in [0.25, 0.3) is 5.91 Å². The number of sulfonamides is 1. The quantitative estimate of drug-likeness (QED) is 0.530. The maximum absolute atomic E-state index is 13.4. The average molecular weight is 490 g/mol. The lowest BCUT2D eigenvalue weighted by atomic mass is 9.99. The molecule has 1 saturated heterocycles. The van der Waals surface area contributed by atoms with E-state index >= 15 is 0 Å². The van der Waals surface area contributed by atoms with Crippen molar-refractivity contribution >= 4 is 21.6 Å². The molecule has 0 bridgehead atoms. The fourth-order valence-corrected chi connectivity index (χ4v) is 5.75. The monoisotopic (exact) mass is 489 g/mol. The zero-order valence-electron chi connectivity index (χ0n) is 18.0. The Morgan fingerprint density at radius 1 is 1.00 bits per heavy atom. The summed E-state index contributed by atoms with van der Waals surface area (Å²) in [5.41, 5.74) is -0.557. The van der Waals surface area contributed by atoms with Gasteiger partial charge in [0.2, 0.25) is 10.0 Å². The third kappa shape index (κ3) is 4.97. The van der Waals surface area contributed by atoms with Gasteiger partial charge in [-0.1, -0.05) is 24.6 Å². The summed E-state index contributed by atoms with van der Waals surface area (Å²) in [5, 5.41) is 2.41. The van der Waals surface area contributed by atoms with Crippen molar-refractivity contribution in [2.45, 2.75) is 36.4 Å². The van der Waals surface area contributed by atoms with E-state index in [0.717, 1.165) is 30.5 Å². The number of nitrogens with zero attached hydrogens (tertiary/aromatic N) is 2. The standard InChI is InChI=1S/C24H22F3N3O3S/c25-24(26,27)21-8-2-1-7-20(21)23(31)29-18-10-12-19(13-11-18)34(32,33)30-15-4-3-9-22(30)17-6-5-14-28-16-17/h1-2,5-8,10-14,16,22H,3-4,9,15H2,(H,29,31)/t22-/m0/s1. The van der Waals surface area contributed by atoms with Gasteiger partial charge in [-0.25, -0.2) is 8.42 Å². The Hall–Kier alpha value is -3.24. The van der Waals surface area contributed by atoms with Crippen LogP contribution in [0.1, 0.15) is 46.8 Å². The van der Waals surface area contributed by atoms with Gasteiger partial charge in [0, 0.05) is 24.6 Å². The van der Waals surface area contributed by atoms with Gasteiger partial charge in [0.05, 0.1) is 22.1 Å². The van der Waals surface area contributed by atoms with E-state index in [1.807, 2.05) is 6.07 Å². The van der Waals surface area contributed by atoms with Crippen molar-refractivity contribution in [2.24, 2.45) is 0 Å². The summed E-state index contributed by atoms with van der Waals surface area (Å²) in [6, 6.07) is 13.2. The molecule has 0 spiro atoms. The van der Waals surface area contributed by atoms with Crippen molar-refractivity contribution in [1.29, 1.82) is 0 Å². The summed E-state index contributed by atoms with van der Waals surface area (Å²) in [5.74, 6) is -0.934. The smallest absolute Gasteiger partial charge is 0.322 e. The number of anilines is 1. The molecule has 4 rings (SSSR count). The lowest BCUT2D eigenvalue weighted by Gasteiger charge is -2.34. The Morgan fingerprint density at radius 2 is 1.74 bits per heavy atom. The number of hydrogen-bond acceptors (Lipinski definition) is 4. The molecule has 1 aromatic heterocycles. The molecule has 0 unspecified atom stereocenters. The van der Waals surface area contributed by atoms with E-state index in [-0.39, 0.29) is 16.6 Å². The summed E-state index contributed by atoms with van der Waals surface area (Å²) in [4.78, 5) is 16.6. The van der Waals surface area contributed by atoms with Crippen LogP contribution in [0.5, 0.6) is 0 Å². The zero-order valence-corrected chi connectivity index (χ0v) is 18.8. The third-order valence-electron chi connectivity index (χ3n) is 5.72. The molecule has 2 heterocycles. The van der Waals surface area contributed by atoms with Crippen LogP contribution in [0.3, 0.4) is 0 Å². The molecule has 0 radical (unpaired) electrons. The fraction of sp³-hybridized carbons (Fsp3) is 0.250. The normalized spacial score (nSPS) is 17.3. The molecule has 1 atom stereocenters. The van der Waals surface area contributed by atoms with Crippen molar-refractivity contribution in [3.63, 3.8) is 0 Å². The molecule has 1 aliphatic heterocycles. The minimum Gasteiger partial charge on any atom is -0.322 e. The van der Waals surface area contributed by atoms with Crippen LogP contribution in [0.4, 0.5) is 18.9 Å². The molecule has 178 valence electrons. The van der Waals surface area contributed by atoms with E-state index in [0.29, 0.717) is 13.0 Å². The van der Waals surface area contributed by atoms with Crippen molar-refractivity contribution < 1.29 is 26.4 Å². The number of rotatable bonds is 5. The summed E-state index contributed by atoms with van der Waals surface area (Å²) in [7, 11) is -3.84. The Kier molecular flexibility index (Phi) is 6.72. The molecule has 1 N–H and O–H groups in total. The molecule has 0 aliphatic carbocycles. The Morgan fingerprint density at radius 3 is 2.41 bits per heavy atom. The number of nitrogens with one attached hydrogen (secondary N) is 1. The summed E-state index contributed by atoms with van der Waals surface area (Å²) in [6.45, 7) is 0.370. The van der Waals surface area contributed by atoms with Crippen LogP contribution in [0, 0.1) is 0 Å². The first-order valence-electron chi connectivity index (χ1n) is 10.7. The van der Waals surface area contributed by atoms with Gasteiger partial charge in [0.1, 0.15) is 0 Å². The van der Waals surface area contributed by atoms with E-state index in [4.69, 9.17) is 0 Å². The van der Waals surface area contributed by atoms with Gasteiger partial charge in [0.15, 0.2) is 0 Å². The first-order chi connectivity index (χ1) is 16.2. The molecule has 1 amide bonds. The predicted octanol–water partition coefficient (Wildman–Crippen LogP) is 5.27. The van der Waals surface area contributed by atoms with Crippen LogP contribution in [0.25, 0.3) is 0 Å². The molecular formula is C24H22F3N3O3S. The topological polar surface area (TPSA) is 79.4 Å². The molecule has 10 heteroatoms. The van der Waals surface area contributed by atoms with E-state index in [9.17, 15) is 26.4 Å². The van der Waals surface area contributed by atoms with Crippen LogP contribution < -0.4 is 5.32 Å². The molecule has 0 saturated carbocycles. The van der Waals surface area contributed by atoms with Crippen molar-refractivity contribution in [3.8, 4) is 0 Å². The highest BCUT2D eigenvalue weighted by atomic mass is 32.2. The number of amides is 1. The van der Waals surface area contributed by atoms with Gasteiger partial charge < -0.3 is 5.32 Å². The Labute approximate surface area is 195 Å². The maximum atomic E-state index is 13.4. The van der Waals surface area contributed by atoms with Gasteiger partial charge in [-0.2, -0.15) is 17.5 Å². The van der Waals surface area contributed by atoms with Gasteiger partial charge in [-0.15, -0.1) is 0 Å². The van der Waals surface area contributed by atoms with Crippen LogP contribution in [0.2, 0.25) is 0 Å². The van der Waals surface area contributed by atoms with Crippen molar-refractivity contribution in [1.82, 2.24) is 9.29 Å². The molecule has 1 fully saturated rings. The summed E-state index contributed by atoms with van der Waals surface area (Å²) in [6.07, 6.45) is 0.933. The summed E-state index contributed by atoms with van der Waals surface area (Å²) >= 11 is 0. The second-order valence-corrected chi connectivity index (χ2v) is 9.83. The van der Waals surface area contributed by atoms with Crippen LogP contribution >= 0.6 is 0 Å². The number of halogens is 3.